The van der Waals surface area contributed by atoms with Crippen molar-refractivity contribution in [2.75, 3.05) is 13.1 Å². The number of aromatic nitrogens is 1. The molecule has 0 aliphatic carbocycles. The number of rotatable bonds is 2. The molecule has 0 saturated carbocycles. The molecule has 21 heavy (non-hydrogen) atoms. The molecule has 0 atom stereocenters. The Labute approximate surface area is 126 Å². The molecule has 1 saturated heterocycles. The Balaban J connectivity index is 2.13. The molecule has 1 aromatic rings. The van der Waals surface area contributed by atoms with Gasteiger partial charge in [-0.05, 0) is 58.8 Å². The van der Waals surface area contributed by atoms with Crippen molar-refractivity contribution in [3.63, 3.8) is 0 Å². The highest BCUT2D eigenvalue weighted by Crippen LogP contribution is 2.27. The Morgan fingerprint density at radius 3 is 2.33 bits per heavy atom. The molecule has 6 heteroatoms. The van der Waals surface area contributed by atoms with E-state index in [0.29, 0.717) is 12.8 Å². The van der Waals surface area contributed by atoms with Gasteiger partial charge in [-0.2, -0.15) is 5.26 Å². The first kappa shape index (κ1) is 15.9. The zero-order valence-corrected chi connectivity index (χ0v) is 13.5. The Bertz CT molecular complexity index is 631. The third kappa shape index (κ3) is 3.42. The van der Waals surface area contributed by atoms with Crippen LogP contribution in [-0.2, 0) is 9.84 Å². The first-order valence-corrected chi connectivity index (χ1v) is 8.65. The highest BCUT2D eigenvalue weighted by atomic mass is 32.2. The lowest BCUT2D eigenvalue weighted by atomic mass is 10.0. The predicted molar refractivity (Wildman–Crippen MR) is 80.5 cm³/mol. The predicted octanol–water partition coefficient (Wildman–Crippen LogP) is 1.99. The summed E-state index contributed by atoms with van der Waals surface area (Å²) in [4.78, 5) is 6.40. The summed E-state index contributed by atoms with van der Waals surface area (Å²) in [6.45, 7) is 8.01. The van der Waals surface area contributed by atoms with Crippen LogP contribution < -0.4 is 0 Å². The maximum absolute atomic E-state index is 12.6. The number of hydrogen-bond acceptors (Lipinski definition) is 5. The van der Waals surface area contributed by atoms with Crippen LogP contribution in [-0.4, -0.2) is 42.2 Å². The smallest absolute Gasteiger partial charge is 0.182 e. The second-order valence-corrected chi connectivity index (χ2v) is 8.62. The van der Waals surface area contributed by atoms with E-state index in [1.807, 2.05) is 6.07 Å². The van der Waals surface area contributed by atoms with E-state index in [1.54, 1.807) is 0 Å². The van der Waals surface area contributed by atoms with Gasteiger partial charge in [-0.25, -0.2) is 13.4 Å². The van der Waals surface area contributed by atoms with Crippen LogP contribution in [0.4, 0.5) is 0 Å². The number of nitriles is 1. The van der Waals surface area contributed by atoms with Gasteiger partial charge in [0.05, 0.1) is 10.1 Å². The Kier molecular flexibility index (Phi) is 4.35. The Hall–Kier alpha value is -1.45. The fraction of sp³-hybridized carbons (Fsp3) is 0.600. The molecule has 114 valence electrons. The van der Waals surface area contributed by atoms with Gasteiger partial charge in [0.2, 0.25) is 0 Å². The van der Waals surface area contributed by atoms with E-state index in [-0.39, 0.29) is 21.4 Å². The molecule has 2 rings (SSSR count). The minimum atomic E-state index is -3.35. The molecule has 0 unspecified atom stereocenters. The molecule has 0 spiro atoms. The average Bonchev–Trinajstić information content (AvgIpc) is 2.46. The molecule has 1 aromatic heterocycles. The van der Waals surface area contributed by atoms with Crippen LogP contribution in [0, 0.1) is 11.3 Å². The van der Waals surface area contributed by atoms with Gasteiger partial charge in [-0.15, -0.1) is 0 Å². The number of hydrogen-bond donors (Lipinski definition) is 0. The van der Waals surface area contributed by atoms with Crippen LogP contribution in [0.15, 0.2) is 23.2 Å². The van der Waals surface area contributed by atoms with Crippen LogP contribution in [0.5, 0.6) is 0 Å². The van der Waals surface area contributed by atoms with Crippen LogP contribution in [0.1, 0.15) is 39.3 Å². The molecule has 0 radical (unpaired) electrons. The Morgan fingerprint density at radius 1 is 1.29 bits per heavy atom. The largest absolute Gasteiger partial charge is 0.298 e. The topological polar surface area (TPSA) is 74.1 Å². The van der Waals surface area contributed by atoms with Gasteiger partial charge >= 0.3 is 0 Å². The lowest BCUT2D eigenvalue weighted by Crippen LogP contribution is -2.48. The molecular weight excluding hydrogens is 286 g/mol. The maximum atomic E-state index is 12.6. The second-order valence-electron chi connectivity index (χ2n) is 6.39. The van der Waals surface area contributed by atoms with Crippen molar-refractivity contribution in [2.45, 2.75) is 49.3 Å². The van der Waals surface area contributed by atoms with Gasteiger partial charge in [0.1, 0.15) is 11.8 Å². The molecule has 1 aliphatic heterocycles. The molecule has 0 N–H and O–H groups in total. The summed E-state index contributed by atoms with van der Waals surface area (Å²) in [5.41, 5.74) is 0.307. The number of pyridine rings is 1. The van der Waals surface area contributed by atoms with Gasteiger partial charge in [-0.1, -0.05) is 0 Å². The van der Waals surface area contributed by atoms with Crippen molar-refractivity contribution in [2.24, 2.45) is 0 Å². The quantitative estimate of drug-likeness (QED) is 0.835. The third-order valence-corrected chi connectivity index (χ3v) is 6.26. The van der Waals surface area contributed by atoms with Crippen molar-refractivity contribution in [3.05, 3.63) is 24.0 Å². The monoisotopic (exact) mass is 307 g/mol. The standard InChI is InChI=1S/C15H21N3O2S/c1-15(2,3)18-8-6-13(7-9-18)21(19,20)14-5-4-12(10-16)17-11-14/h4-5,11,13H,6-9H2,1-3H3. The number of sulfone groups is 1. The van der Waals surface area contributed by atoms with Crippen molar-refractivity contribution < 1.29 is 8.42 Å². The van der Waals surface area contributed by atoms with E-state index in [1.165, 1.54) is 18.3 Å². The van der Waals surface area contributed by atoms with E-state index in [2.05, 4.69) is 30.7 Å². The lowest BCUT2D eigenvalue weighted by molar-refractivity contribution is 0.112. The van der Waals surface area contributed by atoms with E-state index in [9.17, 15) is 8.42 Å². The SMILES string of the molecule is CC(C)(C)N1CCC(S(=O)(=O)c2ccc(C#N)nc2)CC1. The molecule has 5 nitrogen and oxygen atoms in total. The first-order chi connectivity index (χ1) is 9.75. The summed E-state index contributed by atoms with van der Waals surface area (Å²) in [7, 11) is -3.35. The van der Waals surface area contributed by atoms with Gasteiger partial charge in [-0.3, -0.25) is 4.90 Å². The number of piperidine rings is 1. The molecule has 0 bridgehead atoms. The summed E-state index contributed by atoms with van der Waals surface area (Å²) in [5, 5.41) is 8.36. The van der Waals surface area contributed by atoms with Crippen molar-refractivity contribution in [1.82, 2.24) is 9.88 Å². The summed E-state index contributed by atoms with van der Waals surface area (Å²) < 4.78 is 25.2. The Morgan fingerprint density at radius 2 is 1.90 bits per heavy atom. The van der Waals surface area contributed by atoms with Crippen LogP contribution in [0.3, 0.4) is 0 Å². The zero-order valence-electron chi connectivity index (χ0n) is 12.7. The third-order valence-electron chi connectivity index (χ3n) is 4.01. The van der Waals surface area contributed by atoms with E-state index < -0.39 is 9.84 Å². The maximum Gasteiger partial charge on any atom is 0.182 e. The second kappa shape index (κ2) is 5.74. The highest BCUT2D eigenvalue weighted by Gasteiger charge is 2.34. The van der Waals surface area contributed by atoms with Crippen LogP contribution in [0.25, 0.3) is 0 Å². The summed E-state index contributed by atoms with van der Waals surface area (Å²) in [5.74, 6) is 0. The molecule has 1 aliphatic rings. The highest BCUT2D eigenvalue weighted by molar-refractivity contribution is 7.92. The molecule has 0 aromatic carbocycles. The van der Waals surface area contributed by atoms with Gasteiger partial charge in [0.15, 0.2) is 9.84 Å². The fourth-order valence-electron chi connectivity index (χ4n) is 2.64. The zero-order chi connectivity index (χ0) is 15.7. The summed E-state index contributed by atoms with van der Waals surface area (Å²) >= 11 is 0. The lowest BCUT2D eigenvalue weighted by Gasteiger charge is -2.40. The minimum absolute atomic E-state index is 0.0741. The van der Waals surface area contributed by atoms with E-state index >= 15 is 0 Å². The van der Waals surface area contributed by atoms with Crippen molar-refractivity contribution >= 4 is 9.84 Å². The number of nitrogens with zero attached hydrogens (tertiary/aromatic N) is 3. The van der Waals surface area contributed by atoms with Crippen molar-refractivity contribution in [1.29, 1.82) is 5.26 Å². The van der Waals surface area contributed by atoms with Crippen LogP contribution in [0.2, 0.25) is 0 Å². The number of likely N-dealkylation sites (tertiary alicyclic amines) is 1. The first-order valence-electron chi connectivity index (χ1n) is 7.10. The normalized spacial score (nSPS) is 18.4. The fourth-order valence-corrected chi connectivity index (χ4v) is 4.32. The summed E-state index contributed by atoms with van der Waals surface area (Å²) in [6, 6.07) is 4.83. The van der Waals surface area contributed by atoms with E-state index in [0.717, 1.165) is 13.1 Å². The molecule has 1 fully saturated rings. The molecule has 0 amide bonds. The van der Waals surface area contributed by atoms with E-state index in [4.69, 9.17) is 5.26 Å². The molecular formula is C15H21N3O2S. The minimum Gasteiger partial charge on any atom is -0.298 e. The van der Waals surface area contributed by atoms with Crippen LogP contribution >= 0.6 is 0 Å². The van der Waals surface area contributed by atoms with Gasteiger partial charge < -0.3 is 0 Å². The van der Waals surface area contributed by atoms with Gasteiger partial charge in [0, 0.05) is 11.7 Å². The van der Waals surface area contributed by atoms with Crippen molar-refractivity contribution in [3.8, 4) is 6.07 Å². The summed E-state index contributed by atoms with van der Waals surface area (Å²) in [6.07, 6.45) is 2.57. The molecule has 2 heterocycles. The average molecular weight is 307 g/mol. The van der Waals surface area contributed by atoms with Gasteiger partial charge in [0.25, 0.3) is 0 Å².